The Balaban J connectivity index is 2.82. The lowest BCUT2D eigenvalue weighted by Crippen LogP contribution is -2.14. The molecule has 0 bridgehead atoms. The van der Waals surface area contributed by atoms with Crippen LogP contribution in [0.15, 0.2) is 30.5 Å². The van der Waals surface area contributed by atoms with Gasteiger partial charge in [-0.25, -0.2) is 4.39 Å². The zero-order chi connectivity index (χ0) is 9.84. The maximum atomic E-state index is 13.1. The van der Waals surface area contributed by atoms with Crippen LogP contribution in [-0.4, -0.2) is 4.98 Å². The topological polar surface area (TPSA) is 38.9 Å². The van der Waals surface area contributed by atoms with E-state index in [9.17, 15) is 4.39 Å². The van der Waals surface area contributed by atoms with E-state index in [0.717, 1.165) is 5.57 Å². The Morgan fingerprint density at radius 3 is 3.00 bits per heavy atom. The average molecular weight is 180 g/mol. The van der Waals surface area contributed by atoms with Crippen LogP contribution in [0.1, 0.15) is 25.1 Å². The summed E-state index contributed by atoms with van der Waals surface area (Å²) in [4.78, 5) is 3.89. The third kappa shape index (κ3) is 2.63. The second kappa shape index (κ2) is 4.14. The van der Waals surface area contributed by atoms with Gasteiger partial charge in [0.05, 0.1) is 11.7 Å². The van der Waals surface area contributed by atoms with Gasteiger partial charge in [-0.3, -0.25) is 4.98 Å². The molecule has 70 valence electrons. The molecule has 0 fully saturated rings. The third-order valence-electron chi connectivity index (χ3n) is 1.71. The molecule has 3 heteroatoms. The number of hydrogen-bond donors (Lipinski definition) is 1. The molecule has 1 atom stereocenters. The number of aromatic nitrogens is 1. The van der Waals surface area contributed by atoms with Gasteiger partial charge in [0.1, 0.15) is 5.82 Å². The first kappa shape index (κ1) is 9.86. The molecule has 0 saturated heterocycles. The van der Waals surface area contributed by atoms with E-state index in [2.05, 4.69) is 11.6 Å². The summed E-state index contributed by atoms with van der Waals surface area (Å²) in [6.45, 7) is 5.58. The molecular weight excluding hydrogens is 167 g/mol. The van der Waals surface area contributed by atoms with E-state index in [1.807, 2.05) is 6.92 Å². The minimum absolute atomic E-state index is 0.311. The van der Waals surface area contributed by atoms with Crippen molar-refractivity contribution in [2.45, 2.75) is 19.4 Å². The number of nitrogens with two attached hydrogens (primary N) is 1. The Morgan fingerprint density at radius 1 is 1.77 bits per heavy atom. The van der Waals surface area contributed by atoms with Gasteiger partial charge < -0.3 is 5.73 Å². The molecule has 1 aromatic heterocycles. The van der Waals surface area contributed by atoms with Crippen molar-refractivity contribution in [1.82, 2.24) is 4.98 Å². The van der Waals surface area contributed by atoms with Crippen molar-refractivity contribution < 1.29 is 4.39 Å². The predicted molar refractivity (Wildman–Crippen MR) is 50.6 cm³/mol. The second-order valence-corrected chi connectivity index (χ2v) is 3.14. The molecule has 0 saturated carbocycles. The van der Waals surface area contributed by atoms with Crippen molar-refractivity contribution >= 4 is 0 Å². The van der Waals surface area contributed by atoms with Crippen LogP contribution in [0.3, 0.4) is 0 Å². The lowest BCUT2D eigenvalue weighted by molar-refractivity contribution is 0.563. The number of rotatable bonds is 3. The van der Waals surface area contributed by atoms with Gasteiger partial charge >= 0.3 is 0 Å². The highest BCUT2D eigenvalue weighted by Crippen LogP contribution is 2.17. The van der Waals surface area contributed by atoms with E-state index < -0.39 is 6.04 Å². The van der Waals surface area contributed by atoms with Gasteiger partial charge in [-0.2, -0.15) is 0 Å². The molecule has 2 N–H and O–H groups in total. The molecule has 0 aromatic carbocycles. The minimum atomic E-state index is -0.390. The molecule has 0 amide bonds. The summed E-state index contributed by atoms with van der Waals surface area (Å²) in [5.41, 5.74) is 6.97. The van der Waals surface area contributed by atoms with Crippen molar-refractivity contribution in [1.29, 1.82) is 0 Å². The maximum Gasteiger partial charge on any atom is 0.146 e. The first-order valence-corrected chi connectivity index (χ1v) is 4.11. The molecule has 1 unspecified atom stereocenters. The Morgan fingerprint density at radius 2 is 2.46 bits per heavy atom. The Hall–Kier alpha value is -1.22. The summed E-state index contributed by atoms with van der Waals surface area (Å²) in [6, 6.07) is 2.52. The molecule has 1 aromatic rings. The van der Waals surface area contributed by atoms with Gasteiger partial charge in [0, 0.05) is 6.20 Å². The molecule has 0 radical (unpaired) electrons. The van der Waals surface area contributed by atoms with E-state index in [0.29, 0.717) is 12.1 Å². The normalized spacial score (nSPS) is 12.5. The molecule has 0 spiro atoms. The zero-order valence-corrected chi connectivity index (χ0v) is 7.63. The van der Waals surface area contributed by atoms with E-state index in [1.54, 1.807) is 6.07 Å². The molecular formula is C10H13FN2. The summed E-state index contributed by atoms with van der Waals surface area (Å²) in [7, 11) is 0. The largest absolute Gasteiger partial charge is 0.322 e. The number of halogens is 1. The lowest BCUT2D eigenvalue weighted by atomic mass is 10.1. The van der Waals surface area contributed by atoms with Crippen LogP contribution in [0.2, 0.25) is 0 Å². The minimum Gasteiger partial charge on any atom is -0.322 e. The third-order valence-corrected chi connectivity index (χ3v) is 1.71. The first-order chi connectivity index (χ1) is 6.11. The van der Waals surface area contributed by atoms with Gasteiger partial charge in [0.2, 0.25) is 0 Å². The smallest absolute Gasteiger partial charge is 0.146 e. The van der Waals surface area contributed by atoms with Gasteiger partial charge in [0.15, 0.2) is 0 Å². The van der Waals surface area contributed by atoms with Gasteiger partial charge in [-0.05, 0) is 25.5 Å². The highest BCUT2D eigenvalue weighted by atomic mass is 19.1. The molecule has 0 aliphatic carbocycles. The Bertz CT molecular complexity index is 310. The van der Waals surface area contributed by atoms with Gasteiger partial charge in [0.25, 0.3) is 0 Å². The number of hydrogen-bond acceptors (Lipinski definition) is 2. The van der Waals surface area contributed by atoms with E-state index in [1.165, 1.54) is 12.3 Å². The standard InChI is InChI=1S/C10H13FN2/c1-7(2)6-9(12)10-8(11)4-3-5-13-10/h3-5,9H,1,6,12H2,2H3. The molecule has 13 heavy (non-hydrogen) atoms. The Labute approximate surface area is 77.3 Å². The van der Waals surface area contributed by atoms with Crippen molar-refractivity contribution in [3.8, 4) is 0 Å². The Kier molecular flexibility index (Phi) is 3.14. The van der Waals surface area contributed by atoms with E-state index >= 15 is 0 Å². The van der Waals surface area contributed by atoms with Crippen molar-refractivity contribution in [2.24, 2.45) is 5.73 Å². The molecule has 2 nitrogen and oxygen atoms in total. The summed E-state index contributed by atoms with van der Waals surface area (Å²) in [5, 5.41) is 0. The fourth-order valence-electron chi connectivity index (χ4n) is 1.14. The van der Waals surface area contributed by atoms with E-state index in [-0.39, 0.29) is 5.82 Å². The summed E-state index contributed by atoms with van der Waals surface area (Å²) < 4.78 is 13.1. The lowest BCUT2D eigenvalue weighted by Gasteiger charge is -2.10. The summed E-state index contributed by atoms with van der Waals surface area (Å²) in [6.07, 6.45) is 2.10. The van der Waals surface area contributed by atoms with Crippen LogP contribution in [0.25, 0.3) is 0 Å². The number of pyridine rings is 1. The van der Waals surface area contributed by atoms with Crippen LogP contribution in [-0.2, 0) is 0 Å². The van der Waals surface area contributed by atoms with E-state index in [4.69, 9.17) is 5.73 Å². The van der Waals surface area contributed by atoms with Gasteiger partial charge in [-0.1, -0.05) is 5.57 Å². The van der Waals surface area contributed by atoms with Crippen molar-refractivity contribution in [3.63, 3.8) is 0 Å². The van der Waals surface area contributed by atoms with Crippen LogP contribution < -0.4 is 5.73 Å². The molecule has 1 heterocycles. The second-order valence-electron chi connectivity index (χ2n) is 3.14. The fourth-order valence-corrected chi connectivity index (χ4v) is 1.14. The monoisotopic (exact) mass is 180 g/mol. The predicted octanol–water partition coefficient (Wildman–Crippen LogP) is 2.19. The van der Waals surface area contributed by atoms with Crippen molar-refractivity contribution in [2.75, 3.05) is 0 Å². The van der Waals surface area contributed by atoms with Crippen LogP contribution in [0.4, 0.5) is 4.39 Å². The molecule has 0 aliphatic heterocycles. The summed E-state index contributed by atoms with van der Waals surface area (Å²) >= 11 is 0. The highest BCUT2D eigenvalue weighted by molar-refractivity contribution is 5.13. The maximum absolute atomic E-state index is 13.1. The highest BCUT2D eigenvalue weighted by Gasteiger charge is 2.11. The number of nitrogens with zero attached hydrogens (tertiary/aromatic N) is 1. The van der Waals surface area contributed by atoms with Crippen LogP contribution in [0.5, 0.6) is 0 Å². The van der Waals surface area contributed by atoms with Gasteiger partial charge in [-0.15, -0.1) is 6.58 Å². The van der Waals surface area contributed by atoms with Crippen LogP contribution in [0, 0.1) is 5.82 Å². The fraction of sp³-hybridized carbons (Fsp3) is 0.300. The quantitative estimate of drug-likeness (QED) is 0.724. The first-order valence-electron chi connectivity index (χ1n) is 4.11. The molecule has 0 aliphatic rings. The van der Waals surface area contributed by atoms with Crippen LogP contribution >= 0.6 is 0 Å². The zero-order valence-electron chi connectivity index (χ0n) is 7.63. The summed E-state index contributed by atoms with van der Waals surface area (Å²) in [5.74, 6) is -0.351. The average Bonchev–Trinajstić information content (AvgIpc) is 2.03. The molecule has 1 rings (SSSR count). The SMILES string of the molecule is C=C(C)CC(N)c1ncccc1F. The van der Waals surface area contributed by atoms with Crippen molar-refractivity contribution in [3.05, 3.63) is 42.0 Å².